The van der Waals surface area contributed by atoms with Crippen LogP contribution in [0, 0.1) is 12.7 Å². The van der Waals surface area contributed by atoms with Crippen molar-refractivity contribution in [3.8, 4) is 33.5 Å². The van der Waals surface area contributed by atoms with E-state index >= 15 is 4.39 Å². The minimum atomic E-state index is -0.166. The Hall–Kier alpha value is -3.78. The molecule has 0 aliphatic heterocycles. The third kappa shape index (κ3) is 4.69. The van der Waals surface area contributed by atoms with Gasteiger partial charge in [-0.15, -0.1) is 0 Å². The maximum absolute atomic E-state index is 15.9. The predicted octanol–water partition coefficient (Wildman–Crippen LogP) is 9.36. The van der Waals surface area contributed by atoms with Crippen molar-refractivity contribution in [2.24, 2.45) is 7.05 Å². The van der Waals surface area contributed by atoms with Gasteiger partial charge in [0, 0.05) is 22.6 Å². The Bertz CT molecular complexity index is 1570. The number of hydrogen-bond donors (Lipinski definition) is 0. The van der Waals surface area contributed by atoms with E-state index in [0.717, 1.165) is 22.4 Å². The molecule has 5 rings (SSSR count). The fraction of sp³-hybridized carbons (Fsp3) is 0.229. The molecule has 0 fully saturated rings. The van der Waals surface area contributed by atoms with Gasteiger partial charge in [-0.1, -0.05) is 88.4 Å². The van der Waals surface area contributed by atoms with E-state index in [1.54, 1.807) is 6.07 Å². The number of halogens is 1. The van der Waals surface area contributed by atoms with Gasteiger partial charge in [0.1, 0.15) is 12.9 Å². The van der Waals surface area contributed by atoms with Crippen molar-refractivity contribution in [1.29, 1.82) is 0 Å². The van der Waals surface area contributed by atoms with E-state index < -0.39 is 0 Å². The molecule has 37 heavy (non-hydrogen) atoms. The van der Waals surface area contributed by atoms with Crippen molar-refractivity contribution >= 4 is 10.8 Å². The third-order valence-corrected chi connectivity index (χ3v) is 7.41. The van der Waals surface area contributed by atoms with Crippen molar-refractivity contribution in [3.05, 3.63) is 114 Å². The van der Waals surface area contributed by atoms with Gasteiger partial charge in [-0.05, 0) is 75.7 Å². The first-order valence-corrected chi connectivity index (χ1v) is 13.2. The van der Waals surface area contributed by atoms with Crippen LogP contribution in [0.2, 0.25) is 0 Å². The SMILES string of the molecule is Cc1cc(F)c(-c2c(C(C)C)cc(-c3ccccc3)cc2C(C)C)cc1-c1cc2ccccc2c[n+]1C. The molecule has 5 aromatic rings. The molecule has 2 heteroatoms. The van der Waals surface area contributed by atoms with Gasteiger partial charge in [-0.25, -0.2) is 8.96 Å². The molecule has 0 saturated heterocycles. The molecule has 0 radical (unpaired) electrons. The normalized spacial score (nSPS) is 11.6. The van der Waals surface area contributed by atoms with E-state index in [-0.39, 0.29) is 17.7 Å². The quantitative estimate of drug-likeness (QED) is 0.217. The summed E-state index contributed by atoms with van der Waals surface area (Å²) < 4.78 is 18.0. The molecule has 0 saturated carbocycles. The van der Waals surface area contributed by atoms with Gasteiger partial charge in [-0.2, -0.15) is 0 Å². The summed E-state index contributed by atoms with van der Waals surface area (Å²) in [7, 11) is 2.07. The number of benzene rings is 4. The van der Waals surface area contributed by atoms with Gasteiger partial charge in [0.15, 0.2) is 6.20 Å². The lowest BCUT2D eigenvalue weighted by Crippen LogP contribution is -2.30. The second-order valence-electron chi connectivity index (χ2n) is 10.8. The molecule has 0 aliphatic carbocycles. The maximum atomic E-state index is 15.9. The first-order valence-electron chi connectivity index (χ1n) is 13.2. The van der Waals surface area contributed by atoms with Crippen LogP contribution in [0.15, 0.2) is 91.1 Å². The molecule has 0 atom stereocenters. The van der Waals surface area contributed by atoms with Crippen LogP contribution in [0.1, 0.15) is 56.2 Å². The van der Waals surface area contributed by atoms with E-state index in [1.165, 1.54) is 33.0 Å². The van der Waals surface area contributed by atoms with Crippen LogP contribution in [-0.4, -0.2) is 0 Å². The first-order chi connectivity index (χ1) is 17.7. The van der Waals surface area contributed by atoms with Gasteiger partial charge in [0.25, 0.3) is 0 Å². The lowest BCUT2D eigenvalue weighted by molar-refractivity contribution is -0.659. The molecular formula is C35H35FN+. The summed E-state index contributed by atoms with van der Waals surface area (Å²) in [5.74, 6) is 0.329. The molecular weight excluding hydrogens is 453 g/mol. The van der Waals surface area contributed by atoms with E-state index in [2.05, 4.69) is 118 Å². The minimum absolute atomic E-state index is 0.166. The molecule has 4 aromatic carbocycles. The van der Waals surface area contributed by atoms with E-state index in [0.29, 0.717) is 5.56 Å². The topological polar surface area (TPSA) is 3.88 Å². The fourth-order valence-electron chi connectivity index (χ4n) is 5.40. The highest BCUT2D eigenvalue weighted by Gasteiger charge is 2.23. The van der Waals surface area contributed by atoms with Crippen molar-refractivity contribution in [1.82, 2.24) is 0 Å². The largest absolute Gasteiger partial charge is 0.213 e. The predicted molar refractivity (Wildman–Crippen MR) is 154 cm³/mol. The standard InChI is InChI=1S/C35H35FN/c1-22(2)29-17-28(25-12-8-7-9-13-25)18-30(23(3)4)35(29)32-20-31(24(5)16-33(32)36)34-19-26-14-10-11-15-27(26)21-37(34)6/h7-23H,1-6H3/q+1. The second kappa shape index (κ2) is 9.94. The van der Waals surface area contributed by atoms with Gasteiger partial charge in [0.2, 0.25) is 5.69 Å². The Kier molecular flexibility index (Phi) is 6.69. The summed E-state index contributed by atoms with van der Waals surface area (Å²) >= 11 is 0. The molecule has 0 unspecified atom stereocenters. The summed E-state index contributed by atoms with van der Waals surface area (Å²) in [6.07, 6.45) is 2.15. The van der Waals surface area contributed by atoms with Crippen molar-refractivity contribution < 1.29 is 8.96 Å². The number of fused-ring (bicyclic) bond motifs is 1. The van der Waals surface area contributed by atoms with Gasteiger partial charge in [-0.3, -0.25) is 0 Å². The zero-order chi connectivity index (χ0) is 26.3. The Labute approximate surface area is 220 Å². The highest BCUT2D eigenvalue weighted by molar-refractivity contribution is 5.86. The number of aromatic nitrogens is 1. The molecule has 0 amide bonds. The summed E-state index contributed by atoms with van der Waals surface area (Å²) in [4.78, 5) is 0. The summed E-state index contributed by atoms with van der Waals surface area (Å²) in [5, 5.41) is 2.37. The Morgan fingerprint density at radius 3 is 1.86 bits per heavy atom. The number of rotatable bonds is 5. The van der Waals surface area contributed by atoms with Crippen LogP contribution < -0.4 is 4.57 Å². The van der Waals surface area contributed by atoms with Crippen molar-refractivity contribution in [2.75, 3.05) is 0 Å². The Balaban J connectivity index is 1.78. The van der Waals surface area contributed by atoms with Crippen LogP contribution in [0.5, 0.6) is 0 Å². The highest BCUT2D eigenvalue weighted by Crippen LogP contribution is 2.42. The zero-order valence-corrected chi connectivity index (χ0v) is 22.6. The van der Waals surface area contributed by atoms with Crippen LogP contribution in [0.25, 0.3) is 44.3 Å². The molecule has 1 nitrogen and oxygen atoms in total. The van der Waals surface area contributed by atoms with Gasteiger partial charge >= 0.3 is 0 Å². The average molecular weight is 489 g/mol. The van der Waals surface area contributed by atoms with Crippen LogP contribution >= 0.6 is 0 Å². The highest BCUT2D eigenvalue weighted by atomic mass is 19.1. The van der Waals surface area contributed by atoms with E-state index in [4.69, 9.17) is 0 Å². The zero-order valence-electron chi connectivity index (χ0n) is 22.6. The summed E-state index contributed by atoms with van der Waals surface area (Å²) in [5.41, 5.74) is 9.52. The smallest absolute Gasteiger partial charge is 0.206 e. The lowest BCUT2D eigenvalue weighted by atomic mass is 9.81. The van der Waals surface area contributed by atoms with Crippen LogP contribution in [0.4, 0.5) is 4.39 Å². The van der Waals surface area contributed by atoms with E-state index in [1.807, 2.05) is 13.0 Å². The molecule has 0 N–H and O–H groups in total. The third-order valence-electron chi connectivity index (χ3n) is 7.41. The van der Waals surface area contributed by atoms with Gasteiger partial charge < -0.3 is 0 Å². The molecule has 1 heterocycles. The maximum Gasteiger partial charge on any atom is 0.213 e. The Morgan fingerprint density at radius 1 is 0.649 bits per heavy atom. The summed E-state index contributed by atoms with van der Waals surface area (Å²) in [6.45, 7) is 10.8. The Morgan fingerprint density at radius 2 is 1.24 bits per heavy atom. The second-order valence-corrected chi connectivity index (χ2v) is 10.8. The number of aryl methyl sites for hydroxylation is 2. The van der Waals surface area contributed by atoms with Crippen molar-refractivity contribution in [2.45, 2.75) is 46.5 Å². The first kappa shape index (κ1) is 24.9. The monoisotopic (exact) mass is 488 g/mol. The van der Waals surface area contributed by atoms with Crippen molar-refractivity contribution in [3.63, 3.8) is 0 Å². The fourth-order valence-corrected chi connectivity index (χ4v) is 5.40. The van der Waals surface area contributed by atoms with Crippen LogP contribution in [-0.2, 0) is 7.05 Å². The lowest BCUT2D eigenvalue weighted by Gasteiger charge is -2.23. The van der Waals surface area contributed by atoms with E-state index in [9.17, 15) is 0 Å². The average Bonchev–Trinajstić information content (AvgIpc) is 2.88. The molecule has 0 bridgehead atoms. The van der Waals surface area contributed by atoms with Crippen LogP contribution in [0.3, 0.4) is 0 Å². The summed E-state index contributed by atoms with van der Waals surface area (Å²) in [6, 6.07) is 29.4. The van der Waals surface area contributed by atoms with Gasteiger partial charge in [0.05, 0.1) is 0 Å². The molecule has 0 spiro atoms. The number of nitrogens with zero attached hydrogens (tertiary/aromatic N) is 1. The molecule has 0 aliphatic rings. The molecule has 186 valence electrons. The molecule has 1 aromatic heterocycles. The number of pyridine rings is 1. The number of hydrogen-bond acceptors (Lipinski definition) is 0. The minimum Gasteiger partial charge on any atom is -0.206 e.